The molecule has 4 rings (SSSR count). The number of rotatable bonds is 2. The highest BCUT2D eigenvalue weighted by molar-refractivity contribution is 8.03. The van der Waals surface area contributed by atoms with Crippen LogP contribution >= 0.6 is 11.8 Å². The van der Waals surface area contributed by atoms with Crippen LogP contribution in [0.3, 0.4) is 0 Å². The molecule has 0 saturated carbocycles. The van der Waals surface area contributed by atoms with Crippen molar-refractivity contribution in [2.45, 2.75) is 11.8 Å². The monoisotopic (exact) mass is 318 g/mol. The van der Waals surface area contributed by atoms with Gasteiger partial charge < -0.3 is 5.32 Å². The number of fused-ring (bicyclic) bond motifs is 1. The van der Waals surface area contributed by atoms with Crippen LogP contribution < -0.4 is 9.88 Å². The topological polar surface area (TPSA) is 28.8 Å². The maximum absolute atomic E-state index is 4.58. The average molecular weight is 318 g/mol. The van der Waals surface area contributed by atoms with Crippen molar-refractivity contribution in [1.29, 1.82) is 0 Å². The molecule has 1 aromatic heterocycles. The standard InChI is InChI=1S/C19H15N3S/c1-14-11-15(20-13-22(14)16-7-3-2-4-8-16)12-19-21-17-9-5-6-10-18(17)23-19/h2-13H,1H3/p+1. The van der Waals surface area contributed by atoms with Crippen LogP contribution in [0.15, 0.2) is 76.9 Å². The van der Waals surface area contributed by atoms with Crippen molar-refractivity contribution < 1.29 is 4.57 Å². The minimum atomic E-state index is 0.956. The van der Waals surface area contributed by atoms with E-state index in [0.29, 0.717) is 0 Å². The fraction of sp³-hybridized carbons (Fsp3) is 0.0526. The van der Waals surface area contributed by atoms with Gasteiger partial charge in [-0.1, -0.05) is 42.1 Å². The minimum Gasteiger partial charge on any atom is -0.349 e. The Hall–Kier alpha value is -2.59. The number of hydrogen-bond acceptors (Lipinski definition) is 3. The second-order valence-electron chi connectivity index (χ2n) is 5.39. The first-order valence-corrected chi connectivity index (χ1v) is 8.30. The zero-order valence-electron chi connectivity index (χ0n) is 12.7. The number of hydrogen-bond donors (Lipinski definition) is 1. The average Bonchev–Trinajstić information content (AvgIpc) is 2.98. The summed E-state index contributed by atoms with van der Waals surface area (Å²) in [6, 6.07) is 20.7. The third kappa shape index (κ3) is 2.85. The lowest BCUT2D eigenvalue weighted by atomic mass is 10.2. The lowest BCUT2D eigenvalue weighted by molar-refractivity contribution is -0.606. The minimum absolute atomic E-state index is 0.956. The first-order chi connectivity index (χ1) is 11.3. The van der Waals surface area contributed by atoms with Crippen molar-refractivity contribution >= 4 is 23.5 Å². The number of thioether (sulfide) groups is 1. The summed E-state index contributed by atoms with van der Waals surface area (Å²) in [4.78, 5) is 5.83. The van der Waals surface area contributed by atoms with Gasteiger partial charge in [-0.05, 0) is 36.2 Å². The van der Waals surface area contributed by atoms with Gasteiger partial charge in [-0.15, -0.1) is 0 Å². The third-order valence-electron chi connectivity index (χ3n) is 3.74. The van der Waals surface area contributed by atoms with Crippen molar-refractivity contribution in [1.82, 2.24) is 4.98 Å². The lowest BCUT2D eigenvalue weighted by Gasteiger charge is -2.02. The number of aromatic nitrogens is 2. The van der Waals surface area contributed by atoms with Gasteiger partial charge in [0.25, 0.3) is 6.33 Å². The number of aryl methyl sites for hydroxylation is 1. The van der Waals surface area contributed by atoms with Gasteiger partial charge >= 0.3 is 0 Å². The molecule has 0 fully saturated rings. The van der Waals surface area contributed by atoms with Crippen LogP contribution in [0, 0.1) is 6.92 Å². The van der Waals surface area contributed by atoms with E-state index in [-0.39, 0.29) is 0 Å². The molecule has 0 saturated heterocycles. The molecule has 0 bridgehead atoms. The maximum atomic E-state index is 4.58. The molecule has 0 amide bonds. The van der Waals surface area contributed by atoms with Gasteiger partial charge in [0.15, 0.2) is 5.69 Å². The van der Waals surface area contributed by atoms with E-state index in [1.807, 2.05) is 30.6 Å². The summed E-state index contributed by atoms with van der Waals surface area (Å²) in [6.07, 6.45) is 3.97. The van der Waals surface area contributed by atoms with Crippen molar-refractivity contribution in [3.63, 3.8) is 0 Å². The molecule has 4 heteroatoms. The molecule has 2 heterocycles. The van der Waals surface area contributed by atoms with Crippen molar-refractivity contribution in [2.24, 2.45) is 0 Å². The first-order valence-electron chi connectivity index (χ1n) is 7.49. The Morgan fingerprint density at radius 1 is 1.04 bits per heavy atom. The predicted molar refractivity (Wildman–Crippen MR) is 94.4 cm³/mol. The SMILES string of the molecule is Cc1cc(/C=C2\Nc3ccccc3S2)nc[n+]1-c1ccccc1. The van der Waals surface area contributed by atoms with Crippen LogP contribution in [0.25, 0.3) is 11.8 Å². The van der Waals surface area contributed by atoms with Crippen molar-refractivity contribution in [2.75, 3.05) is 5.32 Å². The van der Waals surface area contributed by atoms with Gasteiger partial charge in [0.05, 0.1) is 10.7 Å². The summed E-state index contributed by atoms with van der Waals surface area (Å²) in [5.41, 5.74) is 4.39. The molecule has 1 N–H and O–H groups in total. The van der Waals surface area contributed by atoms with E-state index in [4.69, 9.17) is 0 Å². The zero-order valence-corrected chi connectivity index (χ0v) is 13.5. The third-order valence-corrected chi connectivity index (χ3v) is 4.75. The molecule has 3 nitrogen and oxygen atoms in total. The summed E-state index contributed by atoms with van der Waals surface area (Å²) in [7, 11) is 0. The predicted octanol–water partition coefficient (Wildman–Crippen LogP) is 4.18. The number of anilines is 1. The Morgan fingerprint density at radius 2 is 1.83 bits per heavy atom. The van der Waals surface area contributed by atoms with E-state index in [1.165, 1.54) is 4.90 Å². The van der Waals surface area contributed by atoms with Crippen LogP contribution in [-0.2, 0) is 0 Å². The summed E-state index contributed by atoms with van der Waals surface area (Å²) in [5.74, 6) is 0. The van der Waals surface area contributed by atoms with Gasteiger partial charge in [0.2, 0.25) is 0 Å². The quantitative estimate of drug-likeness (QED) is 0.719. The van der Waals surface area contributed by atoms with Crippen molar-refractivity contribution in [3.05, 3.63) is 83.4 Å². The molecular weight excluding hydrogens is 302 g/mol. The Labute approximate surface area is 139 Å². The van der Waals surface area contributed by atoms with E-state index >= 15 is 0 Å². The maximum Gasteiger partial charge on any atom is 0.292 e. The number of nitrogens with zero attached hydrogens (tertiary/aromatic N) is 2. The fourth-order valence-corrected chi connectivity index (χ4v) is 3.56. The van der Waals surface area contributed by atoms with Crippen molar-refractivity contribution in [3.8, 4) is 5.69 Å². The highest BCUT2D eigenvalue weighted by Gasteiger charge is 2.16. The smallest absolute Gasteiger partial charge is 0.292 e. The Morgan fingerprint density at radius 3 is 2.61 bits per heavy atom. The molecular formula is C19H16N3S+. The second kappa shape index (κ2) is 5.89. The second-order valence-corrected chi connectivity index (χ2v) is 6.48. The highest BCUT2D eigenvalue weighted by atomic mass is 32.2. The van der Waals surface area contributed by atoms with Gasteiger partial charge in [-0.2, -0.15) is 0 Å². The Bertz CT molecular complexity index is 861. The normalized spacial score (nSPS) is 14.6. The van der Waals surface area contributed by atoms with Crippen LogP contribution in [0.2, 0.25) is 0 Å². The molecule has 1 aliphatic heterocycles. The lowest BCUT2D eigenvalue weighted by Crippen LogP contribution is -2.34. The number of benzene rings is 2. The first kappa shape index (κ1) is 14.0. The molecule has 0 atom stereocenters. The molecule has 0 unspecified atom stereocenters. The van der Waals surface area contributed by atoms with E-state index in [9.17, 15) is 0 Å². The van der Waals surface area contributed by atoms with Crippen LogP contribution in [0.5, 0.6) is 0 Å². The van der Waals surface area contributed by atoms with E-state index in [2.05, 4.69) is 64.3 Å². The van der Waals surface area contributed by atoms with E-state index in [1.54, 1.807) is 11.8 Å². The van der Waals surface area contributed by atoms with Crippen LogP contribution in [0.1, 0.15) is 11.4 Å². The molecule has 0 radical (unpaired) electrons. The molecule has 0 aliphatic carbocycles. The van der Waals surface area contributed by atoms with Gasteiger partial charge in [0, 0.05) is 17.0 Å². The zero-order chi connectivity index (χ0) is 15.6. The number of nitrogens with one attached hydrogen (secondary N) is 1. The van der Waals surface area contributed by atoms with Gasteiger partial charge in [-0.3, -0.25) is 0 Å². The molecule has 2 aromatic carbocycles. The molecule has 0 spiro atoms. The van der Waals surface area contributed by atoms with Gasteiger partial charge in [-0.25, -0.2) is 4.57 Å². The molecule has 1 aliphatic rings. The molecule has 23 heavy (non-hydrogen) atoms. The highest BCUT2D eigenvalue weighted by Crippen LogP contribution is 2.40. The van der Waals surface area contributed by atoms with Crippen LogP contribution in [0.4, 0.5) is 5.69 Å². The Kier molecular flexibility index (Phi) is 3.60. The van der Waals surface area contributed by atoms with E-state index in [0.717, 1.165) is 27.8 Å². The summed E-state index contributed by atoms with van der Waals surface area (Å²) in [6.45, 7) is 2.10. The fourth-order valence-electron chi connectivity index (χ4n) is 2.61. The van der Waals surface area contributed by atoms with Crippen LogP contribution in [-0.4, -0.2) is 4.98 Å². The summed E-state index contributed by atoms with van der Waals surface area (Å²) < 4.78 is 2.09. The summed E-state index contributed by atoms with van der Waals surface area (Å²) in [5, 5.41) is 4.53. The number of para-hydroxylation sites is 2. The molecule has 3 aromatic rings. The van der Waals surface area contributed by atoms with Gasteiger partial charge in [0.1, 0.15) is 11.4 Å². The van der Waals surface area contributed by atoms with E-state index < -0.39 is 0 Å². The Balaban J connectivity index is 1.62. The summed E-state index contributed by atoms with van der Waals surface area (Å²) >= 11 is 1.74. The largest absolute Gasteiger partial charge is 0.349 e. The molecule has 112 valence electrons.